The second-order valence-electron chi connectivity index (χ2n) is 3.55. The van der Waals surface area contributed by atoms with Crippen molar-refractivity contribution in [2.24, 2.45) is 5.18 Å². The molecular weight excluding hydrogens is 210 g/mol. The Kier molecular flexibility index (Phi) is 2.84. The van der Waals surface area contributed by atoms with E-state index in [9.17, 15) is 4.91 Å². The van der Waals surface area contributed by atoms with Crippen LogP contribution in [-0.2, 0) is 0 Å². The molecule has 2 rings (SSSR count). The second-order valence-corrected chi connectivity index (χ2v) is 3.55. The Morgan fingerprint density at radius 3 is 2.62 bits per heavy atom. The summed E-state index contributed by atoms with van der Waals surface area (Å²) in [7, 11) is 1.45. The molecule has 7 heteroatoms. The molecule has 7 nitrogen and oxygen atoms in total. The first kappa shape index (κ1) is 10.6. The molecule has 86 valence electrons. The van der Waals surface area contributed by atoms with Gasteiger partial charge >= 0.3 is 6.01 Å². The van der Waals surface area contributed by atoms with E-state index in [-0.39, 0.29) is 17.5 Å². The Morgan fingerprint density at radius 2 is 2.06 bits per heavy atom. The number of hydrogen-bond donors (Lipinski definition) is 1. The number of methoxy groups -OCH3 is 1. The van der Waals surface area contributed by atoms with E-state index in [0.29, 0.717) is 5.82 Å². The molecular formula is C9H13N5O2. The van der Waals surface area contributed by atoms with Gasteiger partial charge in [0.05, 0.1) is 7.11 Å². The summed E-state index contributed by atoms with van der Waals surface area (Å²) < 4.78 is 4.92. The minimum Gasteiger partial charge on any atom is -0.467 e. The third-order valence-corrected chi connectivity index (χ3v) is 2.55. The third kappa shape index (κ3) is 1.75. The van der Waals surface area contributed by atoms with Crippen LogP contribution in [0.1, 0.15) is 12.8 Å². The number of hydrogen-bond acceptors (Lipinski definition) is 7. The molecule has 1 aliphatic rings. The Labute approximate surface area is 92.6 Å². The first-order valence-electron chi connectivity index (χ1n) is 5.06. The largest absolute Gasteiger partial charge is 0.467 e. The van der Waals surface area contributed by atoms with Gasteiger partial charge in [0, 0.05) is 13.1 Å². The van der Waals surface area contributed by atoms with Crippen molar-refractivity contribution < 1.29 is 4.74 Å². The van der Waals surface area contributed by atoms with Crippen molar-refractivity contribution in [1.29, 1.82) is 0 Å². The SMILES string of the molecule is COc1nc(N)c(N=O)c(N2CCCC2)n1. The van der Waals surface area contributed by atoms with Gasteiger partial charge in [-0.25, -0.2) is 0 Å². The first-order chi connectivity index (χ1) is 7.76. The van der Waals surface area contributed by atoms with E-state index in [1.807, 2.05) is 4.90 Å². The van der Waals surface area contributed by atoms with Crippen LogP contribution < -0.4 is 15.4 Å². The zero-order chi connectivity index (χ0) is 11.5. The van der Waals surface area contributed by atoms with Crippen LogP contribution >= 0.6 is 0 Å². The molecule has 0 unspecified atom stereocenters. The molecule has 16 heavy (non-hydrogen) atoms. The average molecular weight is 223 g/mol. The molecule has 0 atom stereocenters. The number of rotatable bonds is 3. The quantitative estimate of drug-likeness (QED) is 0.770. The van der Waals surface area contributed by atoms with Crippen LogP contribution in [0.5, 0.6) is 6.01 Å². The molecule has 2 heterocycles. The molecule has 0 amide bonds. The van der Waals surface area contributed by atoms with E-state index in [0.717, 1.165) is 25.9 Å². The Balaban J connectivity index is 2.46. The number of anilines is 2. The van der Waals surface area contributed by atoms with Crippen LogP contribution in [0.2, 0.25) is 0 Å². The lowest BCUT2D eigenvalue weighted by Crippen LogP contribution is -2.20. The van der Waals surface area contributed by atoms with Crippen molar-refractivity contribution in [1.82, 2.24) is 9.97 Å². The van der Waals surface area contributed by atoms with Gasteiger partial charge in [0.2, 0.25) is 0 Å². The minimum absolute atomic E-state index is 0.0590. The van der Waals surface area contributed by atoms with Crippen molar-refractivity contribution in [3.63, 3.8) is 0 Å². The Morgan fingerprint density at radius 1 is 1.38 bits per heavy atom. The fourth-order valence-corrected chi connectivity index (χ4v) is 1.77. The molecule has 0 bridgehead atoms. The highest BCUT2D eigenvalue weighted by atomic mass is 16.5. The highest BCUT2D eigenvalue weighted by Gasteiger charge is 2.22. The lowest BCUT2D eigenvalue weighted by atomic mass is 10.4. The maximum absolute atomic E-state index is 10.7. The van der Waals surface area contributed by atoms with E-state index in [1.165, 1.54) is 7.11 Å². The van der Waals surface area contributed by atoms with Gasteiger partial charge in [-0.3, -0.25) is 0 Å². The highest BCUT2D eigenvalue weighted by Crippen LogP contribution is 2.34. The van der Waals surface area contributed by atoms with E-state index >= 15 is 0 Å². The van der Waals surface area contributed by atoms with Gasteiger partial charge in [-0.1, -0.05) is 0 Å². The minimum atomic E-state index is 0.0590. The summed E-state index contributed by atoms with van der Waals surface area (Å²) in [4.78, 5) is 20.6. The average Bonchev–Trinajstić information content (AvgIpc) is 2.81. The Bertz CT molecular complexity index is 403. The monoisotopic (exact) mass is 223 g/mol. The zero-order valence-corrected chi connectivity index (χ0v) is 9.01. The molecule has 0 saturated carbocycles. The van der Waals surface area contributed by atoms with Crippen molar-refractivity contribution >= 4 is 17.3 Å². The van der Waals surface area contributed by atoms with Crippen LogP contribution in [0.4, 0.5) is 17.3 Å². The number of aromatic nitrogens is 2. The van der Waals surface area contributed by atoms with Gasteiger partial charge in [0.25, 0.3) is 0 Å². The maximum Gasteiger partial charge on any atom is 0.320 e. The van der Waals surface area contributed by atoms with Crippen LogP contribution in [0, 0.1) is 4.91 Å². The normalized spacial score (nSPS) is 15.2. The smallest absolute Gasteiger partial charge is 0.320 e. The third-order valence-electron chi connectivity index (χ3n) is 2.55. The van der Waals surface area contributed by atoms with Crippen molar-refractivity contribution in [2.45, 2.75) is 12.8 Å². The topological polar surface area (TPSA) is 93.7 Å². The second kappa shape index (κ2) is 4.30. The number of nitrogens with zero attached hydrogens (tertiary/aromatic N) is 4. The number of nitroso groups, excluding NO2 is 1. The summed E-state index contributed by atoms with van der Waals surface area (Å²) in [5.74, 6) is 0.528. The molecule has 1 aromatic heterocycles. The number of nitrogen functional groups attached to an aromatic ring is 1. The van der Waals surface area contributed by atoms with Crippen molar-refractivity contribution in [3.05, 3.63) is 4.91 Å². The van der Waals surface area contributed by atoms with Crippen molar-refractivity contribution in [3.8, 4) is 6.01 Å². The van der Waals surface area contributed by atoms with Gasteiger partial charge in [-0.15, -0.1) is 4.91 Å². The maximum atomic E-state index is 10.7. The molecule has 0 radical (unpaired) electrons. The summed E-state index contributed by atoms with van der Waals surface area (Å²) in [6.45, 7) is 1.70. The summed E-state index contributed by atoms with van der Waals surface area (Å²) in [6, 6.07) is 0.159. The highest BCUT2D eigenvalue weighted by molar-refractivity contribution is 5.73. The predicted octanol–water partition coefficient (Wildman–Crippen LogP) is 1.07. The molecule has 1 aliphatic heterocycles. The van der Waals surface area contributed by atoms with Gasteiger partial charge < -0.3 is 15.4 Å². The van der Waals surface area contributed by atoms with Gasteiger partial charge in [0.1, 0.15) is 0 Å². The number of nitrogens with two attached hydrogens (primary N) is 1. The van der Waals surface area contributed by atoms with Crippen LogP contribution in [0.3, 0.4) is 0 Å². The van der Waals surface area contributed by atoms with Gasteiger partial charge in [0.15, 0.2) is 17.3 Å². The fourth-order valence-electron chi connectivity index (χ4n) is 1.77. The molecule has 1 aromatic rings. The van der Waals surface area contributed by atoms with Crippen LogP contribution in [0.15, 0.2) is 5.18 Å². The summed E-state index contributed by atoms with van der Waals surface area (Å²) in [5, 5.41) is 2.89. The summed E-state index contributed by atoms with van der Waals surface area (Å²) in [6.07, 6.45) is 2.15. The molecule has 0 spiro atoms. The molecule has 2 N–H and O–H groups in total. The number of ether oxygens (including phenoxy) is 1. The van der Waals surface area contributed by atoms with E-state index in [1.54, 1.807) is 0 Å². The van der Waals surface area contributed by atoms with Crippen LogP contribution in [0.25, 0.3) is 0 Å². The van der Waals surface area contributed by atoms with Gasteiger partial charge in [-0.05, 0) is 18.0 Å². The van der Waals surface area contributed by atoms with Crippen LogP contribution in [-0.4, -0.2) is 30.2 Å². The first-order valence-corrected chi connectivity index (χ1v) is 5.06. The summed E-state index contributed by atoms with van der Waals surface area (Å²) in [5.41, 5.74) is 5.72. The fraction of sp³-hybridized carbons (Fsp3) is 0.556. The van der Waals surface area contributed by atoms with Gasteiger partial charge in [-0.2, -0.15) is 9.97 Å². The van der Waals surface area contributed by atoms with E-state index in [4.69, 9.17) is 10.5 Å². The van der Waals surface area contributed by atoms with E-state index in [2.05, 4.69) is 15.1 Å². The zero-order valence-electron chi connectivity index (χ0n) is 9.01. The molecule has 1 saturated heterocycles. The predicted molar refractivity (Wildman–Crippen MR) is 59.9 cm³/mol. The summed E-state index contributed by atoms with van der Waals surface area (Å²) >= 11 is 0. The standard InChI is InChI=1S/C9H13N5O2/c1-16-9-11-7(10)6(13-15)8(12-9)14-4-2-3-5-14/h2-5H2,1H3,(H2,10,11,12). The lowest BCUT2D eigenvalue weighted by Gasteiger charge is -2.18. The van der Waals surface area contributed by atoms with Crippen molar-refractivity contribution in [2.75, 3.05) is 30.8 Å². The molecule has 0 aromatic carbocycles. The molecule has 1 fully saturated rings. The van der Waals surface area contributed by atoms with E-state index < -0.39 is 0 Å². The lowest BCUT2D eigenvalue weighted by molar-refractivity contribution is 0.381. The Hall–Kier alpha value is -1.92. The molecule has 0 aliphatic carbocycles.